The molecule has 2 atom stereocenters. The summed E-state index contributed by atoms with van der Waals surface area (Å²) in [6.45, 7) is 13.5. The third kappa shape index (κ3) is 7.70. The van der Waals surface area contributed by atoms with Gasteiger partial charge in [0.2, 0.25) is 0 Å². The lowest BCUT2D eigenvalue weighted by molar-refractivity contribution is 0.0940. The van der Waals surface area contributed by atoms with Crippen LogP contribution < -0.4 is 0 Å². The second-order valence-corrected chi connectivity index (χ2v) is 14.1. The van der Waals surface area contributed by atoms with Crippen LogP contribution >= 0.6 is 16.1 Å². The molecule has 234 valence electrons. The molecule has 0 aliphatic carbocycles. The number of carbonyl (C=O) groups excluding carboxylic acids is 2. The number of likely N-dealkylation sites (tertiary alicyclic amines) is 1. The van der Waals surface area contributed by atoms with E-state index in [0.717, 1.165) is 28.1 Å². The molecule has 1 amide bonds. The monoisotopic (exact) mass is 661 g/mol. The molecule has 3 aromatic rings. The summed E-state index contributed by atoms with van der Waals surface area (Å²) in [7, 11) is 1.74. The highest BCUT2D eigenvalue weighted by atomic mass is 79.9. The summed E-state index contributed by atoms with van der Waals surface area (Å²) in [6, 6.07) is 23.3. The van der Waals surface area contributed by atoms with Gasteiger partial charge in [-0.2, -0.15) is 4.02 Å². The molecule has 4 rings (SSSR count). The maximum Gasteiger partial charge on any atom is 0.409 e. The number of hydrogen-bond donors (Lipinski definition) is 1. The van der Waals surface area contributed by atoms with Gasteiger partial charge in [0.1, 0.15) is 18.2 Å². The molecule has 3 aromatic carbocycles. The lowest BCUT2D eigenvalue weighted by Crippen LogP contribution is -2.35. The smallest absolute Gasteiger partial charge is 0.409 e. The van der Waals surface area contributed by atoms with E-state index >= 15 is 0 Å². The second-order valence-electron chi connectivity index (χ2n) is 13.7. The summed E-state index contributed by atoms with van der Waals surface area (Å²) in [5.74, 6) is 0.759. The molecular formula is C36H44BrN3O4. The quantitative estimate of drug-likeness (QED) is 0.249. The van der Waals surface area contributed by atoms with Crippen LogP contribution in [0.2, 0.25) is 0 Å². The van der Waals surface area contributed by atoms with Crippen molar-refractivity contribution in [3.8, 4) is 5.75 Å². The van der Waals surface area contributed by atoms with Gasteiger partial charge in [0.25, 0.3) is 0 Å². The summed E-state index contributed by atoms with van der Waals surface area (Å²) >= 11 is 3.36. The average Bonchev–Trinajstić information content (AvgIpc) is 3.31. The zero-order chi connectivity index (χ0) is 32.2. The van der Waals surface area contributed by atoms with Crippen LogP contribution in [-0.2, 0) is 22.2 Å². The Labute approximate surface area is 270 Å². The molecule has 1 aliphatic heterocycles. The van der Waals surface area contributed by atoms with Crippen molar-refractivity contribution in [2.75, 3.05) is 26.7 Å². The summed E-state index contributed by atoms with van der Waals surface area (Å²) in [5.41, 5.74) is 3.35. The van der Waals surface area contributed by atoms with Crippen LogP contribution in [0.5, 0.6) is 5.75 Å². The number of hydrogen-bond acceptors (Lipinski definition) is 5. The first-order valence-electron chi connectivity index (χ1n) is 15.0. The lowest BCUT2D eigenvalue weighted by atomic mass is 9.78. The fourth-order valence-electron chi connectivity index (χ4n) is 5.85. The van der Waals surface area contributed by atoms with Crippen LogP contribution in [0, 0.1) is 5.92 Å². The number of aromatic hydroxyl groups is 1. The van der Waals surface area contributed by atoms with E-state index in [1.165, 1.54) is 0 Å². The number of phenols is 1. The summed E-state index contributed by atoms with van der Waals surface area (Å²) in [6.07, 6.45) is -0.402. The Hall–Kier alpha value is -3.65. The van der Waals surface area contributed by atoms with Crippen LogP contribution in [0.3, 0.4) is 0 Å². The Balaban J connectivity index is 1.60. The molecule has 0 radical (unpaired) electrons. The number of nitrogens with zero attached hydrogens (tertiary/aromatic N) is 3. The summed E-state index contributed by atoms with van der Waals surface area (Å²) < 4.78 is 10.1. The fourth-order valence-corrected chi connectivity index (χ4v) is 6.29. The standard InChI is InChI=1S/C36H44BrN3O4/c1-35(2,3)28-18-26(19-29(32(28)42)36(4,5)6)30(41)22-40-21-27(31(33(40)38-37)25-16-12-9-13-17-25)20-39(7)34(43)44-23-24-14-10-8-11-15-24/h8-19,27,31,42H,20-23H2,1-7H3/b38-33-/t27-,31+/m0/s1. The molecule has 8 heteroatoms. The first kappa shape index (κ1) is 33.2. The van der Waals surface area contributed by atoms with Gasteiger partial charge in [-0.3, -0.25) is 4.79 Å². The number of ketones is 1. The minimum absolute atomic E-state index is 0.0362. The van der Waals surface area contributed by atoms with E-state index in [0.29, 0.717) is 18.7 Å². The van der Waals surface area contributed by atoms with Crippen LogP contribution in [0.15, 0.2) is 76.8 Å². The number of ether oxygens (including phenoxy) is 1. The highest BCUT2D eigenvalue weighted by Crippen LogP contribution is 2.41. The van der Waals surface area contributed by atoms with E-state index < -0.39 is 6.09 Å². The van der Waals surface area contributed by atoms with E-state index in [4.69, 9.17) is 4.74 Å². The Morgan fingerprint density at radius 3 is 2.02 bits per heavy atom. The van der Waals surface area contributed by atoms with Gasteiger partial charge in [-0.05, 0) is 34.1 Å². The molecule has 0 unspecified atom stereocenters. The van der Waals surface area contributed by atoms with Gasteiger partial charge in [-0.1, -0.05) is 102 Å². The van der Waals surface area contributed by atoms with Crippen molar-refractivity contribution in [2.45, 2.75) is 64.9 Å². The highest BCUT2D eigenvalue weighted by molar-refractivity contribution is 9.08. The zero-order valence-corrected chi connectivity index (χ0v) is 28.4. The molecular weight excluding hydrogens is 618 g/mol. The average molecular weight is 663 g/mol. The molecule has 0 spiro atoms. The number of Topliss-reactive ketones (excluding diaryl/α,β-unsaturated/α-hetero) is 1. The van der Waals surface area contributed by atoms with Crippen molar-refractivity contribution in [1.82, 2.24) is 9.80 Å². The number of phenolic OH excluding ortho intramolecular Hbond substituents is 1. The van der Waals surface area contributed by atoms with E-state index in [9.17, 15) is 14.7 Å². The molecule has 1 fully saturated rings. The first-order chi connectivity index (χ1) is 20.7. The fraction of sp³-hybridized carbons (Fsp3) is 0.417. The van der Waals surface area contributed by atoms with Crippen LogP contribution in [0.25, 0.3) is 0 Å². The molecule has 1 heterocycles. The van der Waals surface area contributed by atoms with E-state index in [-0.39, 0.29) is 47.4 Å². The van der Waals surface area contributed by atoms with Gasteiger partial charge in [0.15, 0.2) is 5.78 Å². The predicted molar refractivity (Wildman–Crippen MR) is 180 cm³/mol. The van der Waals surface area contributed by atoms with Crippen LogP contribution in [0.4, 0.5) is 4.79 Å². The molecule has 0 saturated carbocycles. The maximum absolute atomic E-state index is 14.0. The van der Waals surface area contributed by atoms with Crippen molar-refractivity contribution >= 4 is 33.9 Å². The van der Waals surface area contributed by atoms with Crippen molar-refractivity contribution in [3.05, 3.63) is 101 Å². The number of benzene rings is 3. The predicted octanol–water partition coefficient (Wildman–Crippen LogP) is 7.86. The third-order valence-corrected chi connectivity index (χ3v) is 8.54. The second kappa shape index (κ2) is 13.6. The molecule has 7 nitrogen and oxygen atoms in total. The minimum Gasteiger partial charge on any atom is -0.507 e. The topological polar surface area (TPSA) is 82.4 Å². The Kier molecular flexibility index (Phi) is 10.2. The Morgan fingerprint density at radius 1 is 0.955 bits per heavy atom. The van der Waals surface area contributed by atoms with Gasteiger partial charge in [-0.15, -0.1) is 0 Å². The van der Waals surface area contributed by atoms with Crippen molar-refractivity contribution in [3.63, 3.8) is 0 Å². The first-order valence-corrected chi connectivity index (χ1v) is 15.7. The normalized spacial score (nSPS) is 18.0. The summed E-state index contributed by atoms with van der Waals surface area (Å²) in [4.78, 5) is 30.5. The van der Waals surface area contributed by atoms with Crippen molar-refractivity contribution < 1.29 is 19.4 Å². The lowest BCUT2D eigenvalue weighted by Gasteiger charge is -2.28. The van der Waals surface area contributed by atoms with Gasteiger partial charge < -0.3 is 19.6 Å². The van der Waals surface area contributed by atoms with Crippen LogP contribution in [-0.4, -0.2) is 59.3 Å². The summed E-state index contributed by atoms with van der Waals surface area (Å²) in [5, 5.41) is 11.2. The van der Waals surface area contributed by atoms with E-state index in [1.807, 2.05) is 107 Å². The SMILES string of the molecule is CN(C[C@H]1CN(CC(=O)c2cc(C(C)(C)C)c(O)c(C(C)(C)C)c2)/C(=N\Br)[C@@H]1c1ccccc1)C(=O)OCc1ccccc1. The Bertz CT molecular complexity index is 1460. The number of carbonyl (C=O) groups is 2. The van der Waals surface area contributed by atoms with Crippen molar-refractivity contribution in [2.24, 2.45) is 9.94 Å². The number of rotatable bonds is 8. The maximum atomic E-state index is 14.0. The largest absolute Gasteiger partial charge is 0.507 e. The highest BCUT2D eigenvalue weighted by Gasteiger charge is 2.41. The van der Waals surface area contributed by atoms with Crippen molar-refractivity contribution in [1.29, 1.82) is 0 Å². The third-order valence-electron chi connectivity index (χ3n) is 8.18. The van der Waals surface area contributed by atoms with Gasteiger partial charge in [0, 0.05) is 48.7 Å². The van der Waals surface area contributed by atoms with Gasteiger partial charge in [0.05, 0.1) is 22.7 Å². The number of halogens is 1. The minimum atomic E-state index is -0.402. The molecule has 0 aromatic heterocycles. The molecule has 1 saturated heterocycles. The van der Waals surface area contributed by atoms with E-state index in [2.05, 4.69) is 32.3 Å². The number of amides is 1. The van der Waals surface area contributed by atoms with Crippen LogP contribution in [0.1, 0.15) is 80.1 Å². The molecule has 0 bridgehead atoms. The zero-order valence-electron chi connectivity index (χ0n) is 26.8. The molecule has 1 aliphatic rings. The Morgan fingerprint density at radius 2 is 1.50 bits per heavy atom. The molecule has 1 N–H and O–H groups in total. The van der Waals surface area contributed by atoms with Gasteiger partial charge in [-0.25, -0.2) is 4.79 Å². The van der Waals surface area contributed by atoms with E-state index in [1.54, 1.807) is 11.9 Å². The number of amidine groups is 1. The molecule has 44 heavy (non-hydrogen) atoms. The van der Waals surface area contributed by atoms with Gasteiger partial charge >= 0.3 is 6.09 Å².